The summed E-state index contributed by atoms with van der Waals surface area (Å²) in [7, 11) is 0. The van der Waals surface area contributed by atoms with Crippen LogP contribution in [-0.2, 0) is 11.0 Å². The summed E-state index contributed by atoms with van der Waals surface area (Å²) in [6.45, 7) is 0.453. The Bertz CT molecular complexity index is 637. The van der Waals surface area contributed by atoms with Crippen LogP contribution in [0, 0.1) is 0 Å². The average Bonchev–Trinajstić information content (AvgIpc) is 2.45. The van der Waals surface area contributed by atoms with Gasteiger partial charge in [0.25, 0.3) is 0 Å². The van der Waals surface area contributed by atoms with Crippen LogP contribution in [0.25, 0.3) is 0 Å². The van der Waals surface area contributed by atoms with Crippen LogP contribution in [0.4, 0.5) is 5.69 Å². The molecule has 0 atom stereocenters. The molecule has 0 spiro atoms. The predicted octanol–water partition coefficient (Wildman–Crippen LogP) is 3.38. The number of carbonyl (C=O) groups is 1. The van der Waals surface area contributed by atoms with Gasteiger partial charge in [-0.3, -0.25) is 0 Å². The first-order valence-corrected chi connectivity index (χ1v) is 7.62. The van der Waals surface area contributed by atoms with Crippen molar-refractivity contribution in [1.82, 2.24) is 9.97 Å². The number of halogens is 2. The number of anilines is 1. The van der Waals surface area contributed by atoms with Crippen LogP contribution in [0.3, 0.4) is 0 Å². The number of carboxylic acids is 1. The van der Waals surface area contributed by atoms with E-state index in [2.05, 4.69) is 37.9 Å². The minimum absolute atomic E-state index is 0.0463. The van der Waals surface area contributed by atoms with Gasteiger partial charge in [0.05, 0.1) is 11.9 Å². The van der Waals surface area contributed by atoms with E-state index in [4.69, 9.17) is 16.7 Å². The number of nitrogens with one attached hydrogen (secondary N) is 1. The van der Waals surface area contributed by atoms with Gasteiger partial charge in [-0.2, -0.15) is 0 Å². The number of aromatic carboxylic acids is 1. The van der Waals surface area contributed by atoms with E-state index in [-0.39, 0.29) is 5.69 Å². The first-order chi connectivity index (χ1) is 9.61. The maximum atomic E-state index is 11.0. The van der Waals surface area contributed by atoms with Gasteiger partial charge in [0.2, 0.25) is 0 Å². The minimum atomic E-state index is -1.09. The van der Waals surface area contributed by atoms with Crippen molar-refractivity contribution < 1.29 is 9.90 Å². The molecule has 7 heteroatoms. The maximum Gasteiger partial charge on any atom is 0.356 e. The number of alkyl halides is 1. The molecule has 2 aromatic rings. The number of aromatic nitrogens is 2. The zero-order chi connectivity index (χ0) is 14.5. The molecule has 0 aliphatic heterocycles. The molecule has 1 heterocycles. The highest BCUT2D eigenvalue weighted by Crippen LogP contribution is 2.21. The Morgan fingerprint density at radius 1 is 1.45 bits per heavy atom. The van der Waals surface area contributed by atoms with Gasteiger partial charge >= 0.3 is 5.97 Å². The Labute approximate surface area is 134 Å². The summed E-state index contributed by atoms with van der Waals surface area (Å²) >= 11 is 8.39. The second-order valence-corrected chi connectivity index (χ2v) is 5.17. The van der Waals surface area contributed by atoms with Crippen LogP contribution < -0.4 is 5.32 Å². The van der Waals surface area contributed by atoms with Gasteiger partial charge in [0.15, 0.2) is 5.69 Å². The van der Waals surface area contributed by atoms with E-state index >= 15 is 0 Å². The molecule has 0 radical (unpaired) electrons. The molecule has 1 aromatic heterocycles. The number of benzene rings is 1. The van der Waals surface area contributed by atoms with E-state index in [1.165, 1.54) is 12.5 Å². The molecule has 0 aliphatic carbocycles. The number of hydrogen-bond acceptors (Lipinski definition) is 4. The molecular weight excluding hydrogens is 393 g/mol. The zero-order valence-corrected chi connectivity index (χ0v) is 13.2. The monoisotopic (exact) mass is 403 g/mol. The third-order valence-corrected chi connectivity index (χ3v) is 3.83. The first kappa shape index (κ1) is 15.0. The Hall–Kier alpha value is -1.41. The summed E-state index contributed by atoms with van der Waals surface area (Å²) in [6, 6.07) is 5.79. The van der Waals surface area contributed by atoms with E-state index in [1.807, 2.05) is 18.2 Å². The molecule has 2 N–H and O–H groups in total. The number of hydrogen-bond donors (Lipinski definition) is 2. The summed E-state index contributed by atoms with van der Waals surface area (Å²) in [4.78, 5) is 18.6. The van der Waals surface area contributed by atoms with Crippen LogP contribution in [0.5, 0.6) is 0 Å². The molecule has 1 aromatic carbocycles. The molecule has 104 valence electrons. The normalized spacial score (nSPS) is 10.3. The molecule has 2 rings (SSSR count). The topological polar surface area (TPSA) is 75.1 Å². The molecule has 0 saturated heterocycles. The molecule has 20 heavy (non-hydrogen) atoms. The van der Waals surface area contributed by atoms with E-state index < -0.39 is 5.97 Å². The average molecular weight is 404 g/mol. The quantitative estimate of drug-likeness (QED) is 0.591. The fraction of sp³-hybridized carbons (Fsp3) is 0.154. The van der Waals surface area contributed by atoms with Gasteiger partial charge < -0.3 is 10.4 Å². The second-order valence-electron chi connectivity index (χ2n) is 4.00. The van der Waals surface area contributed by atoms with E-state index in [9.17, 15) is 4.79 Å². The number of nitrogens with zero attached hydrogens (tertiary/aromatic N) is 2. The van der Waals surface area contributed by atoms with Gasteiger partial charge in [0, 0.05) is 16.0 Å². The lowest BCUT2D eigenvalue weighted by Crippen LogP contribution is -2.09. The van der Waals surface area contributed by atoms with Crippen molar-refractivity contribution in [2.45, 2.75) is 11.0 Å². The van der Waals surface area contributed by atoms with Crippen molar-refractivity contribution >= 4 is 45.8 Å². The zero-order valence-electron chi connectivity index (χ0n) is 10.3. The van der Waals surface area contributed by atoms with Crippen LogP contribution in [-0.4, -0.2) is 21.0 Å². The van der Waals surface area contributed by atoms with Crippen LogP contribution in [0.1, 0.15) is 21.6 Å². The number of carboxylic acid groups (broad SMARTS) is 1. The highest BCUT2D eigenvalue weighted by molar-refractivity contribution is 14.1. The summed E-state index contributed by atoms with van der Waals surface area (Å²) < 4.78 is 0.847. The van der Waals surface area contributed by atoms with Gasteiger partial charge in [0.1, 0.15) is 6.33 Å². The molecule has 0 aliphatic rings. The van der Waals surface area contributed by atoms with Crippen molar-refractivity contribution in [3.63, 3.8) is 0 Å². The fourth-order valence-corrected chi connectivity index (χ4v) is 2.80. The molecule has 0 amide bonds. The predicted molar refractivity (Wildman–Crippen MR) is 85.5 cm³/mol. The lowest BCUT2D eigenvalue weighted by Gasteiger charge is -2.09. The third kappa shape index (κ3) is 3.57. The van der Waals surface area contributed by atoms with Crippen molar-refractivity contribution in [3.8, 4) is 0 Å². The van der Waals surface area contributed by atoms with Crippen molar-refractivity contribution in [2.75, 3.05) is 5.32 Å². The van der Waals surface area contributed by atoms with E-state index in [0.717, 1.165) is 15.6 Å². The van der Waals surface area contributed by atoms with Crippen LogP contribution in [0.2, 0.25) is 5.02 Å². The lowest BCUT2D eigenvalue weighted by atomic mass is 10.1. The summed E-state index contributed by atoms with van der Waals surface area (Å²) in [5.74, 6) is -1.09. The summed E-state index contributed by atoms with van der Waals surface area (Å²) in [6.07, 6.45) is 2.65. The Balaban J connectivity index is 2.13. The third-order valence-electron chi connectivity index (χ3n) is 2.66. The van der Waals surface area contributed by atoms with Gasteiger partial charge in [-0.05, 0) is 17.2 Å². The summed E-state index contributed by atoms with van der Waals surface area (Å²) in [5.41, 5.74) is 2.37. The van der Waals surface area contributed by atoms with Gasteiger partial charge in [-0.25, -0.2) is 14.8 Å². The summed E-state index contributed by atoms with van der Waals surface area (Å²) in [5, 5.41) is 12.7. The van der Waals surface area contributed by atoms with Crippen LogP contribution in [0.15, 0.2) is 30.7 Å². The standard InChI is InChI=1S/C13H11ClIN3O2/c14-10-3-8(1-2-9(10)4-15)5-17-11-6-16-7-18-12(11)13(19)20/h1-3,6-7,17H,4-5H2,(H,19,20). The van der Waals surface area contributed by atoms with Gasteiger partial charge in [-0.15, -0.1) is 0 Å². The Morgan fingerprint density at radius 3 is 2.90 bits per heavy atom. The molecule has 0 unspecified atom stereocenters. The molecule has 0 fully saturated rings. The van der Waals surface area contributed by atoms with Crippen molar-refractivity contribution in [3.05, 3.63) is 52.6 Å². The molecule has 0 saturated carbocycles. The Morgan fingerprint density at radius 2 is 2.25 bits per heavy atom. The number of rotatable bonds is 5. The van der Waals surface area contributed by atoms with Crippen LogP contribution >= 0.6 is 34.2 Å². The largest absolute Gasteiger partial charge is 0.476 e. The van der Waals surface area contributed by atoms with Crippen molar-refractivity contribution in [2.24, 2.45) is 0 Å². The van der Waals surface area contributed by atoms with Gasteiger partial charge in [-0.1, -0.05) is 46.3 Å². The van der Waals surface area contributed by atoms with E-state index in [1.54, 1.807) is 0 Å². The Kier molecular flexibility index (Phi) is 5.13. The van der Waals surface area contributed by atoms with Crippen molar-refractivity contribution in [1.29, 1.82) is 0 Å². The van der Waals surface area contributed by atoms with E-state index in [0.29, 0.717) is 17.3 Å². The minimum Gasteiger partial charge on any atom is -0.476 e. The molecular formula is C13H11ClIN3O2. The lowest BCUT2D eigenvalue weighted by molar-refractivity contribution is 0.0691. The molecule has 5 nitrogen and oxygen atoms in total. The first-order valence-electron chi connectivity index (χ1n) is 5.72. The maximum absolute atomic E-state index is 11.0. The fourth-order valence-electron chi connectivity index (χ4n) is 1.64. The molecule has 0 bridgehead atoms. The second kappa shape index (κ2) is 6.85. The smallest absolute Gasteiger partial charge is 0.356 e. The highest BCUT2D eigenvalue weighted by Gasteiger charge is 2.11. The highest BCUT2D eigenvalue weighted by atomic mass is 127. The SMILES string of the molecule is O=C(O)c1ncncc1NCc1ccc(CI)c(Cl)c1.